The first-order valence-electron chi connectivity index (χ1n) is 18.5. The van der Waals surface area contributed by atoms with Crippen molar-refractivity contribution in [2.75, 3.05) is 13.2 Å². The van der Waals surface area contributed by atoms with Crippen molar-refractivity contribution < 1.29 is 19.1 Å². The lowest BCUT2D eigenvalue weighted by atomic mass is 10.0. The van der Waals surface area contributed by atoms with Crippen molar-refractivity contribution in [1.29, 1.82) is 0 Å². The van der Waals surface area contributed by atoms with Gasteiger partial charge in [-0.05, 0) is 84.7 Å². The van der Waals surface area contributed by atoms with Crippen LogP contribution in [0, 0.1) is 0 Å². The summed E-state index contributed by atoms with van der Waals surface area (Å²) < 4.78 is 6.28. The molecule has 6 atom stereocenters. The Morgan fingerprint density at radius 3 is 2.48 bits per heavy atom. The molecule has 3 heterocycles. The van der Waals surface area contributed by atoms with Gasteiger partial charge in [-0.2, -0.15) is 0 Å². The number of hydrogen-bond donors (Lipinski definition) is 4. The molecule has 54 heavy (non-hydrogen) atoms. The van der Waals surface area contributed by atoms with E-state index in [1.807, 2.05) is 72.8 Å². The van der Waals surface area contributed by atoms with Crippen molar-refractivity contribution in [3.05, 3.63) is 112 Å². The van der Waals surface area contributed by atoms with Crippen LogP contribution in [0.5, 0.6) is 5.75 Å². The first kappa shape index (κ1) is 37.5. The van der Waals surface area contributed by atoms with E-state index in [9.17, 15) is 14.4 Å². The predicted molar refractivity (Wildman–Crippen MR) is 211 cm³/mol. The molecule has 13 heteroatoms. The van der Waals surface area contributed by atoms with Gasteiger partial charge in [0.1, 0.15) is 30.6 Å². The topological polar surface area (TPSA) is 155 Å². The number of nitrogens with zero attached hydrogens (tertiary/aromatic N) is 3. The van der Waals surface area contributed by atoms with Gasteiger partial charge in [-0.3, -0.25) is 24.7 Å². The Labute approximate surface area is 325 Å². The third-order valence-corrected chi connectivity index (χ3v) is 11.3. The summed E-state index contributed by atoms with van der Waals surface area (Å²) in [6.45, 7) is 0.587. The predicted octanol–water partition coefficient (Wildman–Crippen LogP) is 5.33. The lowest BCUT2D eigenvalue weighted by molar-refractivity contribution is -0.141. The highest BCUT2D eigenvalue weighted by molar-refractivity contribution is 6.35. The van der Waals surface area contributed by atoms with Gasteiger partial charge >= 0.3 is 0 Å². The fourth-order valence-corrected chi connectivity index (χ4v) is 8.57. The minimum absolute atomic E-state index is 0.0217. The monoisotopic (exact) mass is 769 g/mol. The Kier molecular flexibility index (Phi) is 11.6. The third kappa shape index (κ3) is 8.28. The van der Waals surface area contributed by atoms with Gasteiger partial charge in [-0.25, -0.2) is 0 Å². The number of carbonyl (C=O) groups is 3. The molecule has 1 unspecified atom stereocenters. The van der Waals surface area contributed by atoms with E-state index in [0.29, 0.717) is 60.0 Å². The molecule has 3 aliphatic rings. The maximum Gasteiger partial charge on any atom is 0.247 e. The molecule has 7 rings (SSSR count). The average Bonchev–Trinajstić information content (AvgIpc) is 3.90. The number of benzene rings is 4. The average molecular weight is 771 g/mol. The molecule has 0 spiro atoms. The Balaban J connectivity index is 1.13. The maximum absolute atomic E-state index is 15.0. The molecule has 0 aliphatic carbocycles. The Bertz CT molecular complexity index is 2030. The van der Waals surface area contributed by atoms with Crippen LogP contribution in [0.4, 0.5) is 0 Å². The molecule has 282 valence electrons. The largest absolute Gasteiger partial charge is 0.491 e. The second kappa shape index (κ2) is 16.7. The number of fused-ring (bicyclic) bond motifs is 2. The van der Waals surface area contributed by atoms with Gasteiger partial charge in [-0.15, -0.1) is 0 Å². The molecule has 3 aliphatic heterocycles. The molecule has 0 aromatic heterocycles. The normalized spacial score (nSPS) is 22.6. The van der Waals surface area contributed by atoms with E-state index in [1.54, 1.807) is 28.0 Å². The van der Waals surface area contributed by atoms with Crippen molar-refractivity contribution in [2.24, 2.45) is 16.5 Å². The summed E-state index contributed by atoms with van der Waals surface area (Å²) >= 11 is 12.9. The van der Waals surface area contributed by atoms with E-state index < -0.39 is 24.3 Å². The lowest BCUT2D eigenvalue weighted by Crippen LogP contribution is -2.56. The van der Waals surface area contributed by atoms with Gasteiger partial charge in [0.25, 0.3) is 0 Å². The minimum Gasteiger partial charge on any atom is -0.491 e. The lowest BCUT2D eigenvalue weighted by Gasteiger charge is -2.32. The van der Waals surface area contributed by atoms with E-state index >= 15 is 0 Å². The molecule has 0 bridgehead atoms. The first-order chi connectivity index (χ1) is 26.2. The highest BCUT2D eigenvalue weighted by Crippen LogP contribution is 2.38. The number of amides is 3. The molecule has 0 radical (unpaired) electrons. The molecule has 3 fully saturated rings. The third-order valence-electron chi connectivity index (χ3n) is 10.7. The molecule has 11 nitrogen and oxygen atoms in total. The van der Waals surface area contributed by atoms with Crippen molar-refractivity contribution in [2.45, 2.75) is 81.3 Å². The number of rotatable bonds is 13. The van der Waals surface area contributed by atoms with E-state index in [-0.39, 0.29) is 48.8 Å². The number of guanidine groups is 1. The SMILES string of the molecule is NC(N)=NCCC[C@H]1C(=O)N2[C@@H](COc3ccc4ccccc4c3)CC[C@H]2N1C(=O)C(Cc1ccc(Cl)cc1Cl)NC(=O)[C@@H]1CC[C@H](c2ccccc2)N1. The van der Waals surface area contributed by atoms with Crippen molar-refractivity contribution in [3.8, 4) is 5.75 Å². The van der Waals surface area contributed by atoms with E-state index in [0.717, 1.165) is 22.8 Å². The number of aliphatic imine (C=N–C) groups is 1. The summed E-state index contributed by atoms with van der Waals surface area (Å²) in [5.41, 5.74) is 12.9. The van der Waals surface area contributed by atoms with Crippen LogP contribution in [0.3, 0.4) is 0 Å². The number of halogens is 2. The van der Waals surface area contributed by atoms with Crippen LogP contribution in [0.1, 0.15) is 55.7 Å². The molecule has 3 amide bonds. The summed E-state index contributed by atoms with van der Waals surface area (Å²) in [4.78, 5) is 50.9. The molecule has 4 aromatic rings. The number of carbonyl (C=O) groups excluding carboxylic acids is 3. The highest BCUT2D eigenvalue weighted by atomic mass is 35.5. The number of ether oxygens (including phenoxy) is 1. The van der Waals surface area contributed by atoms with Crippen LogP contribution >= 0.6 is 23.2 Å². The zero-order valence-electron chi connectivity index (χ0n) is 29.9. The fourth-order valence-electron chi connectivity index (χ4n) is 8.09. The van der Waals surface area contributed by atoms with Crippen LogP contribution in [0.25, 0.3) is 10.8 Å². The molecule has 6 N–H and O–H groups in total. The van der Waals surface area contributed by atoms with Crippen LogP contribution < -0.4 is 26.8 Å². The van der Waals surface area contributed by atoms with Gasteiger partial charge < -0.3 is 31.3 Å². The van der Waals surface area contributed by atoms with Gasteiger partial charge in [0, 0.05) is 29.1 Å². The first-order valence-corrected chi connectivity index (χ1v) is 19.3. The number of nitrogens with one attached hydrogen (secondary N) is 2. The van der Waals surface area contributed by atoms with Gasteiger partial charge in [0.15, 0.2) is 5.96 Å². The summed E-state index contributed by atoms with van der Waals surface area (Å²) in [6, 6.07) is 26.6. The van der Waals surface area contributed by atoms with E-state index in [4.69, 9.17) is 39.4 Å². The van der Waals surface area contributed by atoms with Crippen molar-refractivity contribution >= 4 is 57.7 Å². The van der Waals surface area contributed by atoms with E-state index in [1.165, 1.54) is 0 Å². The maximum atomic E-state index is 15.0. The zero-order valence-corrected chi connectivity index (χ0v) is 31.4. The zero-order chi connectivity index (χ0) is 37.8. The molecule has 0 saturated carbocycles. The minimum atomic E-state index is -1.00. The molecular formula is C41H45Cl2N7O4. The highest BCUT2D eigenvalue weighted by Gasteiger charge is 2.54. The smallest absolute Gasteiger partial charge is 0.247 e. The second-order valence-corrected chi connectivity index (χ2v) is 15.1. The quantitative estimate of drug-likeness (QED) is 0.0815. The standard InChI is InChI=1S/C41H45Cl2N7O4/c42-29-14-12-28(32(43)23-29)22-35(48-38(51)34-18-17-33(47-34)26-8-2-1-3-9-26)39(52)50-36(11-6-20-46-41(44)45)40(53)49-30(15-19-37(49)50)24-54-31-16-13-25-7-4-5-10-27(25)21-31/h1-5,7-10,12-14,16,21,23,30,33-37,47H,6,11,15,17-20,22,24H2,(H,48,51)(H4,44,45,46)/t30-,33-,34+,35?,36+,37-/m1/s1. The van der Waals surface area contributed by atoms with Crippen molar-refractivity contribution in [3.63, 3.8) is 0 Å². The van der Waals surface area contributed by atoms with Gasteiger partial charge in [0.05, 0.1) is 12.1 Å². The van der Waals surface area contributed by atoms with Crippen LogP contribution in [-0.2, 0) is 20.8 Å². The Hall–Kier alpha value is -4.84. The summed E-state index contributed by atoms with van der Waals surface area (Å²) in [5.74, 6) is -0.110. The van der Waals surface area contributed by atoms with Crippen molar-refractivity contribution in [1.82, 2.24) is 20.4 Å². The van der Waals surface area contributed by atoms with Crippen LogP contribution in [0.2, 0.25) is 10.0 Å². The van der Waals surface area contributed by atoms with Gasteiger partial charge in [0.2, 0.25) is 17.7 Å². The van der Waals surface area contributed by atoms with Crippen LogP contribution in [0.15, 0.2) is 96.0 Å². The molecule has 4 aromatic carbocycles. The summed E-state index contributed by atoms with van der Waals surface area (Å²) in [6.07, 6.45) is 3.04. The molecule has 3 saturated heterocycles. The summed E-state index contributed by atoms with van der Waals surface area (Å²) in [7, 11) is 0. The molecular weight excluding hydrogens is 725 g/mol. The number of hydrogen-bond acceptors (Lipinski definition) is 6. The summed E-state index contributed by atoms with van der Waals surface area (Å²) in [5, 5.41) is 9.55. The van der Waals surface area contributed by atoms with Gasteiger partial charge in [-0.1, -0.05) is 89.9 Å². The van der Waals surface area contributed by atoms with Crippen LogP contribution in [-0.4, -0.2) is 77.0 Å². The second-order valence-electron chi connectivity index (χ2n) is 14.2. The Morgan fingerprint density at radius 2 is 1.70 bits per heavy atom. The van der Waals surface area contributed by atoms with E-state index in [2.05, 4.69) is 15.6 Å². The number of nitrogens with two attached hydrogens (primary N) is 2. The fraction of sp³-hybridized carbons (Fsp3) is 0.366. The Morgan fingerprint density at radius 1 is 0.926 bits per heavy atom.